The predicted octanol–water partition coefficient (Wildman–Crippen LogP) is 0.0538. The molecule has 0 aliphatic rings. The summed E-state index contributed by atoms with van der Waals surface area (Å²) < 4.78 is 5.67. The van der Waals surface area contributed by atoms with Crippen LogP contribution >= 0.6 is 0 Å². The van der Waals surface area contributed by atoms with Crippen molar-refractivity contribution in [1.82, 2.24) is 25.6 Å². The van der Waals surface area contributed by atoms with E-state index in [1.54, 1.807) is 38.1 Å². The Hall–Kier alpha value is -3.01. The molecule has 10 heteroatoms. The van der Waals surface area contributed by atoms with Gasteiger partial charge in [-0.15, -0.1) is 5.10 Å². The number of nitrogens with zero attached hydrogens (tertiary/aromatic N) is 3. The molecule has 0 saturated heterocycles. The van der Waals surface area contributed by atoms with Crippen LogP contribution in [0.5, 0.6) is 0 Å². The van der Waals surface area contributed by atoms with Crippen molar-refractivity contribution in [2.45, 2.75) is 32.4 Å². The van der Waals surface area contributed by atoms with Crippen LogP contribution in [0.4, 0.5) is 4.79 Å². The zero-order valence-corrected chi connectivity index (χ0v) is 15.4. The van der Waals surface area contributed by atoms with Crippen LogP contribution in [0, 0.1) is 5.92 Å². The van der Waals surface area contributed by atoms with E-state index in [0.29, 0.717) is 17.5 Å². The first kappa shape index (κ1) is 20.3. The highest BCUT2D eigenvalue weighted by molar-refractivity contribution is 5.88. The standard InChI is InChI=1S/C17H23N5O5/c1-10(15(24)19-13(9-23)16(25)27-3)8-11(2)18-17(26)22-14-7-5-4-6-12(14)20-21-22/h4-7,10-11,13,23H,8-9H2,1-3H3,(H,18,26)(H,19,24). The summed E-state index contributed by atoms with van der Waals surface area (Å²) >= 11 is 0. The molecule has 10 nitrogen and oxygen atoms in total. The Morgan fingerprint density at radius 2 is 1.93 bits per heavy atom. The first-order chi connectivity index (χ1) is 12.9. The molecule has 3 N–H and O–H groups in total. The normalized spacial score (nSPS) is 14.2. The SMILES string of the molecule is COC(=O)C(CO)NC(=O)C(C)CC(C)NC(=O)n1nnc2ccccc21. The van der Waals surface area contributed by atoms with Crippen molar-refractivity contribution >= 4 is 28.9 Å². The zero-order valence-electron chi connectivity index (χ0n) is 15.4. The van der Waals surface area contributed by atoms with E-state index in [2.05, 4.69) is 25.7 Å². The van der Waals surface area contributed by atoms with E-state index >= 15 is 0 Å². The van der Waals surface area contributed by atoms with Gasteiger partial charge in [0.1, 0.15) is 5.52 Å². The molecule has 1 heterocycles. The van der Waals surface area contributed by atoms with Crippen LogP contribution in [0.3, 0.4) is 0 Å². The van der Waals surface area contributed by atoms with E-state index in [9.17, 15) is 14.4 Å². The highest BCUT2D eigenvalue weighted by Gasteiger charge is 2.25. The first-order valence-electron chi connectivity index (χ1n) is 8.47. The van der Waals surface area contributed by atoms with Gasteiger partial charge >= 0.3 is 12.0 Å². The number of aliphatic hydroxyl groups is 1. The van der Waals surface area contributed by atoms with Gasteiger partial charge in [0.15, 0.2) is 6.04 Å². The molecule has 0 fully saturated rings. The topological polar surface area (TPSA) is 135 Å². The minimum Gasteiger partial charge on any atom is -0.467 e. The van der Waals surface area contributed by atoms with Gasteiger partial charge in [-0.25, -0.2) is 9.59 Å². The molecule has 2 rings (SSSR count). The van der Waals surface area contributed by atoms with E-state index in [-0.39, 0.29) is 6.04 Å². The van der Waals surface area contributed by atoms with E-state index in [4.69, 9.17) is 5.11 Å². The number of carbonyl (C=O) groups excluding carboxylic acids is 3. The molecule has 1 aromatic heterocycles. The average Bonchev–Trinajstić information content (AvgIpc) is 3.09. The molecule has 0 spiro atoms. The lowest BCUT2D eigenvalue weighted by Crippen LogP contribution is -2.47. The molecule has 3 unspecified atom stereocenters. The quantitative estimate of drug-likeness (QED) is 0.580. The highest BCUT2D eigenvalue weighted by Crippen LogP contribution is 2.11. The average molecular weight is 377 g/mol. The maximum Gasteiger partial charge on any atom is 0.344 e. The lowest BCUT2D eigenvalue weighted by Gasteiger charge is -2.20. The van der Waals surface area contributed by atoms with E-state index in [1.807, 2.05) is 0 Å². The summed E-state index contributed by atoms with van der Waals surface area (Å²) in [6.07, 6.45) is 0.323. The Balaban J connectivity index is 1.92. The Kier molecular flexibility index (Phi) is 6.83. The van der Waals surface area contributed by atoms with Crippen LogP contribution < -0.4 is 10.6 Å². The number of fused-ring (bicyclic) bond motifs is 1. The van der Waals surface area contributed by atoms with Crippen LogP contribution in [0.15, 0.2) is 24.3 Å². The van der Waals surface area contributed by atoms with Crippen molar-refractivity contribution in [3.8, 4) is 0 Å². The molecule has 0 aliphatic carbocycles. The zero-order chi connectivity index (χ0) is 20.0. The molecule has 0 aliphatic heterocycles. The van der Waals surface area contributed by atoms with Gasteiger partial charge in [-0.3, -0.25) is 4.79 Å². The molecule has 146 valence electrons. The fourth-order valence-electron chi connectivity index (χ4n) is 2.62. The largest absolute Gasteiger partial charge is 0.467 e. The lowest BCUT2D eigenvalue weighted by atomic mass is 10.0. The van der Waals surface area contributed by atoms with Crippen molar-refractivity contribution in [2.24, 2.45) is 5.92 Å². The Labute approximate surface area is 155 Å². The van der Waals surface area contributed by atoms with Crippen molar-refractivity contribution in [3.63, 3.8) is 0 Å². The number of hydrogen-bond donors (Lipinski definition) is 3. The predicted molar refractivity (Wildman–Crippen MR) is 95.7 cm³/mol. The fourth-order valence-corrected chi connectivity index (χ4v) is 2.62. The lowest BCUT2D eigenvalue weighted by molar-refractivity contribution is -0.146. The molecule has 2 aromatic rings. The number of ether oxygens (including phenoxy) is 1. The Morgan fingerprint density at radius 1 is 1.22 bits per heavy atom. The number of methoxy groups -OCH3 is 1. The van der Waals surface area contributed by atoms with Crippen LogP contribution in [0.25, 0.3) is 11.0 Å². The summed E-state index contributed by atoms with van der Waals surface area (Å²) in [6, 6.07) is 5.16. The second-order valence-electron chi connectivity index (χ2n) is 6.24. The number of esters is 1. The van der Waals surface area contributed by atoms with Crippen LogP contribution in [-0.4, -0.2) is 63.8 Å². The van der Waals surface area contributed by atoms with E-state index < -0.39 is 36.5 Å². The van der Waals surface area contributed by atoms with Gasteiger partial charge in [0.05, 0.1) is 19.2 Å². The maximum atomic E-state index is 12.4. The molecule has 0 bridgehead atoms. The molecular formula is C17H23N5O5. The van der Waals surface area contributed by atoms with Gasteiger partial charge in [-0.2, -0.15) is 4.68 Å². The summed E-state index contributed by atoms with van der Waals surface area (Å²) in [6.45, 7) is 2.86. The Bertz CT molecular complexity index is 821. The van der Waals surface area contributed by atoms with Gasteiger partial charge < -0.3 is 20.5 Å². The summed E-state index contributed by atoms with van der Waals surface area (Å²) in [5.41, 5.74) is 1.18. The van der Waals surface area contributed by atoms with Crippen molar-refractivity contribution < 1.29 is 24.2 Å². The second kappa shape index (κ2) is 9.08. The maximum absolute atomic E-state index is 12.4. The monoisotopic (exact) mass is 377 g/mol. The van der Waals surface area contributed by atoms with Gasteiger partial charge in [0, 0.05) is 12.0 Å². The van der Waals surface area contributed by atoms with Crippen molar-refractivity contribution in [2.75, 3.05) is 13.7 Å². The number of rotatable bonds is 7. The van der Waals surface area contributed by atoms with Gasteiger partial charge in [-0.05, 0) is 25.5 Å². The fraction of sp³-hybridized carbons (Fsp3) is 0.471. The molecule has 0 saturated carbocycles. The number of amides is 2. The number of benzene rings is 1. The minimum absolute atomic E-state index is 0.323. The third-order valence-electron chi connectivity index (χ3n) is 4.05. The van der Waals surface area contributed by atoms with Crippen LogP contribution in [0.2, 0.25) is 0 Å². The molecule has 27 heavy (non-hydrogen) atoms. The van der Waals surface area contributed by atoms with Gasteiger partial charge in [0.2, 0.25) is 5.91 Å². The number of para-hydroxylation sites is 1. The third-order valence-corrected chi connectivity index (χ3v) is 4.05. The minimum atomic E-state index is -1.11. The van der Waals surface area contributed by atoms with Crippen LogP contribution in [-0.2, 0) is 14.3 Å². The number of nitrogens with one attached hydrogen (secondary N) is 2. The third kappa shape index (κ3) is 5.00. The van der Waals surface area contributed by atoms with Crippen molar-refractivity contribution in [1.29, 1.82) is 0 Å². The Morgan fingerprint density at radius 3 is 2.59 bits per heavy atom. The summed E-state index contributed by atoms with van der Waals surface area (Å²) in [4.78, 5) is 36.0. The first-order valence-corrected chi connectivity index (χ1v) is 8.47. The summed E-state index contributed by atoms with van der Waals surface area (Å²) in [5.74, 6) is -1.66. The van der Waals surface area contributed by atoms with E-state index in [0.717, 1.165) is 4.68 Å². The summed E-state index contributed by atoms with van der Waals surface area (Å²) in [7, 11) is 1.17. The van der Waals surface area contributed by atoms with Gasteiger partial charge in [-0.1, -0.05) is 24.3 Å². The number of aliphatic hydroxyl groups excluding tert-OH is 1. The number of hydrogen-bond acceptors (Lipinski definition) is 7. The van der Waals surface area contributed by atoms with Crippen molar-refractivity contribution in [3.05, 3.63) is 24.3 Å². The van der Waals surface area contributed by atoms with Crippen LogP contribution in [0.1, 0.15) is 20.3 Å². The molecular weight excluding hydrogens is 354 g/mol. The molecule has 3 atom stereocenters. The summed E-state index contributed by atoms with van der Waals surface area (Å²) in [5, 5.41) is 22.1. The molecule has 0 radical (unpaired) electrons. The molecule has 2 amide bonds. The second-order valence-corrected chi connectivity index (χ2v) is 6.24. The van der Waals surface area contributed by atoms with E-state index in [1.165, 1.54) is 7.11 Å². The molecule has 1 aromatic carbocycles. The highest BCUT2D eigenvalue weighted by atomic mass is 16.5. The smallest absolute Gasteiger partial charge is 0.344 e. The number of carbonyl (C=O) groups is 3. The van der Waals surface area contributed by atoms with Gasteiger partial charge in [0.25, 0.3) is 0 Å². The number of aromatic nitrogens is 3.